The Balaban J connectivity index is 1.71. The van der Waals surface area contributed by atoms with Crippen LogP contribution < -0.4 is 4.74 Å². The van der Waals surface area contributed by atoms with Crippen LogP contribution >= 0.6 is 11.3 Å². The maximum Gasteiger partial charge on any atom is 0.303 e. The van der Waals surface area contributed by atoms with Crippen molar-refractivity contribution in [2.75, 3.05) is 6.61 Å². The van der Waals surface area contributed by atoms with E-state index in [2.05, 4.69) is 5.38 Å². The SMILES string of the molecule is CC(C)N(C(=O)c1ccc(-c2ccsc2)cc1)C(O)c1ccccc1OCCCCCC(=O)O. The fourth-order valence-corrected chi connectivity index (χ4v) is 4.39. The highest BCUT2D eigenvalue weighted by Gasteiger charge is 2.29. The van der Waals surface area contributed by atoms with E-state index in [1.807, 2.05) is 43.5 Å². The number of para-hydroxylation sites is 1. The number of benzene rings is 2. The fraction of sp³-hybridized carbons (Fsp3) is 0.333. The van der Waals surface area contributed by atoms with Crippen molar-refractivity contribution in [3.05, 3.63) is 76.5 Å². The molecule has 6 nitrogen and oxygen atoms in total. The third-order valence-electron chi connectivity index (χ3n) is 5.53. The lowest BCUT2D eigenvalue weighted by atomic mass is 10.0. The van der Waals surface area contributed by atoms with E-state index >= 15 is 0 Å². The van der Waals surface area contributed by atoms with Crippen molar-refractivity contribution < 1.29 is 24.5 Å². The van der Waals surface area contributed by atoms with Crippen LogP contribution in [0.4, 0.5) is 0 Å². The summed E-state index contributed by atoms with van der Waals surface area (Å²) in [5.74, 6) is -0.545. The number of carboxylic acid groups (broad SMARTS) is 1. The minimum Gasteiger partial charge on any atom is -0.493 e. The highest BCUT2D eigenvalue weighted by Crippen LogP contribution is 2.31. The molecule has 3 rings (SSSR count). The number of aliphatic carboxylic acids is 1. The average molecular weight is 482 g/mol. The number of amides is 1. The maximum atomic E-state index is 13.4. The quantitative estimate of drug-likeness (QED) is 0.245. The van der Waals surface area contributed by atoms with Gasteiger partial charge in [0.15, 0.2) is 6.23 Å². The van der Waals surface area contributed by atoms with Crippen LogP contribution in [0.15, 0.2) is 65.4 Å². The summed E-state index contributed by atoms with van der Waals surface area (Å²) in [6, 6.07) is 16.4. The van der Waals surface area contributed by atoms with Gasteiger partial charge in [-0.2, -0.15) is 11.3 Å². The van der Waals surface area contributed by atoms with E-state index in [9.17, 15) is 14.7 Å². The fourth-order valence-electron chi connectivity index (χ4n) is 3.72. The van der Waals surface area contributed by atoms with Crippen LogP contribution in [0, 0.1) is 0 Å². The number of carbonyl (C=O) groups is 2. The zero-order chi connectivity index (χ0) is 24.5. The van der Waals surface area contributed by atoms with Gasteiger partial charge in [0.05, 0.1) is 6.61 Å². The van der Waals surface area contributed by atoms with Gasteiger partial charge in [-0.25, -0.2) is 0 Å². The van der Waals surface area contributed by atoms with Gasteiger partial charge in [-0.05, 0) is 79.3 Å². The molecular weight excluding hydrogens is 450 g/mol. The van der Waals surface area contributed by atoms with Crippen LogP contribution in [0.3, 0.4) is 0 Å². The number of thiophene rings is 1. The first-order valence-electron chi connectivity index (χ1n) is 11.5. The molecule has 34 heavy (non-hydrogen) atoms. The van der Waals surface area contributed by atoms with E-state index in [1.54, 1.807) is 41.7 Å². The van der Waals surface area contributed by atoms with Gasteiger partial charge in [-0.1, -0.05) is 30.3 Å². The summed E-state index contributed by atoms with van der Waals surface area (Å²) < 4.78 is 5.89. The maximum absolute atomic E-state index is 13.4. The summed E-state index contributed by atoms with van der Waals surface area (Å²) in [4.78, 5) is 25.5. The summed E-state index contributed by atoms with van der Waals surface area (Å²) in [7, 11) is 0. The number of aliphatic hydroxyl groups is 1. The molecule has 0 aliphatic rings. The molecule has 0 aliphatic carbocycles. The molecular formula is C27H31NO5S. The van der Waals surface area contributed by atoms with E-state index in [0.29, 0.717) is 36.3 Å². The van der Waals surface area contributed by atoms with E-state index in [4.69, 9.17) is 9.84 Å². The summed E-state index contributed by atoms with van der Waals surface area (Å²) in [5.41, 5.74) is 3.17. The molecule has 7 heteroatoms. The van der Waals surface area contributed by atoms with Crippen LogP contribution in [0.5, 0.6) is 5.75 Å². The number of ether oxygens (including phenoxy) is 1. The van der Waals surface area contributed by atoms with Crippen molar-refractivity contribution in [1.82, 2.24) is 4.90 Å². The Morgan fingerprint density at radius 2 is 1.71 bits per heavy atom. The largest absolute Gasteiger partial charge is 0.493 e. The van der Waals surface area contributed by atoms with Crippen LogP contribution in [-0.2, 0) is 4.79 Å². The zero-order valence-electron chi connectivity index (χ0n) is 19.5. The zero-order valence-corrected chi connectivity index (χ0v) is 20.3. The predicted molar refractivity (Wildman–Crippen MR) is 134 cm³/mol. The number of hydrogen-bond acceptors (Lipinski definition) is 5. The Bertz CT molecular complexity index is 1060. The third-order valence-corrected chi connectivity index (χ3v) is 6.21. The number of aliphatic hydroxyl groups excluding tert-OH is 1. The number of unbranched alkanes of at least 4 members (excludes halogenated alkanes) is 2. The van der Waals surface area contributed by atoms with Gasteiger partial charge in [0.1, 0.15) is 5.75 Å². The molecule has 1 heterocycles. The van der Waals surface area contributed by atoms with Crippen molar-refractivity contribution in [3.63, 3.8) is 0 Å². The molecule has 0 saturated heterocycles. The number of rotatable bonds is 12. The van der Waals surface area contributed by atoms with E-state index in [-0.39, 0.29) is 18.4 Å². The number of hydrogen-bond donors (Lipinski definition) is 2. The molecule has 0 spiro atoms. The number of nitrogens with zero attached hydrogens (tertiary/aromatic N) is 1. The van der Waals surface area contributed by atoms with Crippen molar-refractivity contribution in [1.29, 1.82) is 0 Å². The van der Waals surface area contributed by atoms with Crippen molar-refractivity contribution >= 4 is 23.2 Å². The Morgan fingerprint density at radius 3 is 2.35 bits per heavy atom. The van der Waals surface area contributed by atoms with Crippen molar-refractivity contribution in [3.8, 4) is 16.9 Å². The number of carbonyl (C=O) groups excluding carboxylic acids is 1. The molecule has 1 unspecified atom stereocenters. The normalized spacial score (nSPS) is 11.9. The van der Waals surface area contributed by atoms with Gasteiger partial charge in [0, 0.05) is 23.6 Å². The van der Waals surface area contributed by atoms with Gasteiger partial charge >= 0.3 is 5.97 Å². The number of carboxylic acids is 1. The van der Waals surface area contributed by atoms with Crippen LogP contribution in [0.1, 0.15) is 61.7 Å². The second kappa shape index (κ2) is 12.3. The van der Waals surface area contributed by atoms with Crippen LogP contribution in [-0.4, -0.2) is 39.6 Å². The first-order chi connectivity index (χ1) is 16.4. The molecule has 0 saturated carbocycles. The van der Waals surface area contributed by atoms with E-state index in [0.717, 1.165) is 17.5 Å². The van der Waals surface area contributed by atoms with Gasteiger partial charge in [-0.3, -0.25) is 9.59 Å². The van der Waals surface area contributed by atoms with Crippen LogP contribution in [0.25, 0.3) is 11.1 Å². The molecule has 3 aromatic rings. The smallest absolute Gasteiger partial charge is 0.303 e. The predicted octanol–water partition coefficient (Wildman–Crippen LogP) is 5.98. The van der Waals surface area contributed by atoms with Gasteiger partial charge < -0.3 is 19.8 Å². The molecule has 2 N–H and O–H groups in total. The van der Waals surface area contributed by atoms with E-state index < -0.39 is 12.2 Å². The van der Waals surface area contributed by atoms with E-state index in [1.165, 1.54) is 4.90 Å². The monoisotopic (exact) mass is 481 g/mol. The summed E-state index contributed by atoms with van der Waals surface area (Å²) in [6.45, 7) is 4.14. The molecule has 1 amide bonds. The summed E-state index contributed by atoms with van der Waals surface area (Å²) in [5, 5.41) is 24.0. The minimum absolute atomic E-state index is 0.148. The molecule has 180 valence electrons. The first kappa shape index (κ1) is 25.5. The molecule has 1 aromatic heterocycles. The Hall–Kier alpha value is -3.16. The molecule has 0 aliphatic heterocycles. The molecule has 2 aromatic carbocycles. The summed E-state index contributed by atoms with van der Waals surface area (Å²) in [6.07, 6.45) is 1.03. The third kappa shape index (κ3) is 6.68. The topological polar surface area (TPSA) is 87.1 Å². The minimum atomic E-state index is -1.17. The Kier molecular flexibility index (Phi) is 9.24. The Morgan fingerprint density at radius 1 is 0.971 bits per heavy atom. The molecule has 0 radical (unpaired) electrons. The summed E-state index contributed by atoms with van der Waals surface area (Å²) >= 11 is 1.62. The molecule has 0 bridgehead atoms. The first-order valence-corrected chi connectivity index (χ1v) is 12.4. The van der Waals surface area contributed by atoms with Gasteiger partial charge in [-0.15, -0.1) is 0 Å². The van der Waals surface area contributed by atoms with Crippen molar-refractivity contribution in [2.24, 2.45) is 0 Å². The average Bonchev–Trinajstić information content (AvgIpc) is 3.36. The molecule has 0 fully saturated rings. The van der Waals surface area contributed by atoms with Gasteiger partial charge in [0.2, 0.25) is 0 Å². The van der Waals surface area contributed by atoms with Gasteiger partial charge in [0.25, 0.3) is 5.91 Å². The molecule has 1 atom stereocenters. The standard InChI is InChI=1S/C27H31NO5S/c1-19(2)28(26(31)21-13-11-20(12-14-21)22-15-17-34-18-22)27(32)23-8-5-6-9-24(23)33-16-7-3-4-10-25(29)30/h5-6,8-9,11-15,17-19,27,32H,3-4,7,10,16H2,1-2H3,(H,29,30). The lowest BCUT2D eigenvalue weighted by Gasteiger charge is -2.32. The lowest BCUT2D eigenvalue weighted by Crippen LogP contribution is -2.40. The van der Waals surface area contributed by atoms with Crippen molar-refractivity contribution in [2.45, 2.75) is 51.8 Å². The highest BCUT2D eigenvalue weighted by molar-refractivity contribution is 7.08. The Labute approximate surface area is 204 Å². The lowest BCUT2D eigenvalue weighted by molar-refractivity contribution is -0.137. The highest BCUT2D eigenvalue weighted by atomic mass is 32.1. The van der Waals surface area contributed by atoms with Crippen LogP contribution in [0.2, 0.25) is 0 Å². The second-order valence-corrected chi connectivity index (χ2v) is 9.14. The second-order valence-electron chi connectivity index (χ2n) is 8.36.